The van der Waals surface area contributed by atoms with Crippen molar-refractivity contribution in [1.82, 2.24) is 4.90 Å². The number of carbonyl (C=O) groups is 1. The van der Waals surface area contributed by atoms with Crippen LogP contribution in [-0.4, -0.2) is 48.4 Å². The van der Waals surface area contributed by atoms with Crippen LogP contribution in [0.4, 0.5) is 0 Å². The second-order valence-electron chi connectivity index (χ2n) is 5.86. The van der Waals surface area contributed by atoms with Crippen molar-refractivity contribution in [3.8, 4) is 5.75 Å². The van der Waals surface area contributed by atoms with Crippen molar-refractivity contribution in [3.05, 3.63) is 33.1 Å². The number of morpholine rings is 1. The van der Waals surface area contributed by atoms with Crippen LogP contribution >= 0.6 is 27.7 Å². The molecule has 5 nitrogen and oxygen atoms in total. The highest BCUT2D eigenvalue weighted by atomic mass is 79.9. The predicted octanol–water partition coefficient (Wildman–Crippen LogP) is 3.54. The van der Waals surface area contributed by atoms with E-state index in [0.29, 0.717) is 4.91 Å². The average molecular weight is 411 g/mol. The first-order chi connectivity index (χ1) is 11.5. The number of thioether (sulfide) groups is 1. The molecule has 1 amide bonds. The SMILES string of the molecule is COc1ccc(Br)cc1/C=C1/SC(N2C[C@@H](C)O[C@@H](C)C2)=NC1=O. The average Bonchev–Trinajstić information content (AvgIpc) is 2.88. The molecule has 0 aliphatic carbocycles. The van der Waals surface area contributed by atoms with E-state index in [0.717, 1.165) is 34.0 Å². The third-order valence-electron chi connectivity index (χ3n) is 3.78. The molecule has 1 aromatic carbocycles. The fourth-order valence-corrected chi connectivity index (χ4v) is 4.13. The second kappa shape index (κ2) is 7.29. The second-order valence-corrected chi connectivity index (χ2v) is 7.78. The maximum Gasteiger partial charge on any atom is 0.286 e. The van der Waals surface area contributed by atoms with E-state index in [4.69, 9.17) is 9.47 Å². The molecule has 3 rings (SSSR count). The van der Waals surface area contributed by atoms with Crippen molar-refractivity contribution in [2.24, 2.45) is 4.99 Å². The molecule has 0 spiro atoms. The first-order valence-corrected chi connectivity index (χ1v) is 9.33. The van der Waals surface area contributed by atoms with Gasteiger partial charge in [0.05, 0.1) is 24.2 Å². The lowest BCUT2D eigenvalue weighted by atomic mass is 10.2. The topological polar surface area (TPSA) is 51.1 Å². The zero-order valence-electron chi connectivity index (χ0n) is 13.8. The van der Waals surface area contributed by atoms with E-state index < -0.39 is 0 Å². The van der Waals surface area contributed by atoms with E-state index in [1.165, 1.54) is 11.8 Å². The number of amides is 1. The summed E-state index contributed by atoms with van der Waals surface area (Å²) >= 11 is 4.86. The number of halogens is 1. The van der Waals surface area contributed by atoms with Crippen LogP contribution in [0, 0.1) is 0 Å². The first-order valence-electron chi connectivity index (χ1n) is 7.72. The Kier molecular flexibility index (Phi) is 5.32. The molecule has 2 heterocycles. The van der Waals surface area contributed by atoms with Crippen LogP contribution < -0.4 is 4.74 Å². The summed E-state index contributed by atoms with van der Waals surface area (Å²) in [4.78, 5) is 19.2. The number of hydrogen-bond donors (Lipinski definition) is 0. The standard InChI is InChI=1S/C17H19BrN2O3S/c1-10-8-20(9-11(2)23-10)17-19-16(21)15(24-17)7-12-6-13(18)4-5-14(12)22-3/h4-7,10-11H,8-9H2,1-3H3/b15-7+/t10-,11+. The van der Waals surface area contributed by atoms with E-state index in [2.05, 4.69) is 25.8 Å². The van der Waals surface area contributed by atoms with E-state index in [1.807, 2.05) is 38.1 Å². The quantitative estimate of drug-likeness (QED) is 0.697. The number of hydrogen-bond acceptors (Lipinski definition) is 5. The Morgan fingerprint density at radius 2 is 2.08 bits per heavy atom. The summed E-state index contributed by atoms with van der Waals surface area (Å²) in [6, 6.07) is 5.70. The third kappa shape index (κ3) is 3.84. The minimum Gasteiger partial charge on any atom is -0.496 e. The van der Waals surface area contributed by atoms with E-state index in [1.54, 1.807) is 7.11 Å². The van der Waals surface area contributed by atoms with E-state index in [9.17, 15) is 4.79 Å². The summed E-state index contributed by atoms with van der Waals surface area (Å²) in [7, 11) is 1.62. The van der Waals surface area contributed by atoms with Crippen molar-refractivity contribution in [2.75, 3.05) is 20.2 Å². The van der Waals surface area contributed by atoms with E-state index >= 15 is 0 Å². The number of amidine groups is 1. The Hall–Kier alpha value is -1.31. The molecule has 0 radical (unpaired) electrons. The predicted molar refractivity (Wildman–Crippen MR) is 100 cm³/mol. The molecular weight excluding hydrogens is 392 g/mol. The lowest BCUT2D eigenvalue weighted by molar-refractivity contribution is -0.113. The normalized spacial score (nSPS) is 26.0. The van der Waals surface area contributed by atoms with Gasteiger partial charge in [-0.15, -0.1) is 0 Å². The molecule has 2 aliphatic rings. The zero-order valence-corrected chi connectivity index (χ0v) is 16.2. The van der Waals surface area contributed by atoms with E-state index in [-0.39, 0.29) is 18.1 Å². The van der Waals surface area contributed by atoms with Gasteiger partial charge in [0, 0.05) is 23.1 Å². The van der Waals surface area contributed by atoms with Crippen molar-refractivity contribution < 1.29 is 14.3 Å². The van der Waals surface area contributed by atoms with Gasteiger partial charge in [0.1, 0.15) is 5.75 Å². The molecule has 1 fully saturated rings. The molecular formula is C17H19BrN2O3S. The van der Waals surface area contributed by atoms with Crippen LogP contribution in [-0.2, 0) is 9.53 Å². The third-order valence-corrected chi connectivity index (χ3v) is 5.32. The van der Waals surface area contributed by atoms with Crippen molar-refractivity contribution >= 4 is 44.8 Å². The Labute approximate surface area is 154 Å². The van der Waals surface area contributed by atoms with Crippen LogP contribution in [0.15, 0.2) is 32.6 Å². The summed E-state index contributed by atoms with van der Waals surface area (Å²) in [6.45, 7) is 5.56. The number of ether oxygens (including phenoxy) is 2. The van der Waals surface area contributed by atoms with Crippen LogP contribution in [0.2, 0.25) is 0 Å². The van der Waals surface area contributed by atoms with Gasteiger partial charge < -0.3 is 14.4 Å². The largest absolute Gasteiger partial charge is 0.496 e. The maximum absolute atomic E-state index is 12.3. The molecule has 7 heteroatoms. The number of aliphatic imine (C=N–C) groups is 1. The van der Waals surface area contributed by atoms with Gasteiger partial charge in [-0.3, -0.25) is 4.79 Å². The summed E-state index contributed by atoms with van der Waals surface area (Å²) in [5.74, 6) is 0.519. The molecule has 128 valence electrons. The number of nitrogens with zero attached hydrogens (tertiary/aromatic N) is 2. The van der Waals surface area contributed by atoms with Gasteiger partial charge in [-0.05, 0) is 49.9 Å². The van der Waals surface area contributed by atoms with Gasteiger partial charge in [-0.25, -0.2) is 0 Å². The molecule has 1 saturated heterocycles. The molecule has 1 aromatic rings. The Balaban J connectivity index is 1.81. The molecule has 0 saturated carbocycles. The van der Waals surface area contributed by atoms with Crippen LogP contribution in [0.3, 0.4) is 0 Å². The van der Waals surface area contributed by atoms with Gasteiger partial charge in [0.15, 0.2) is 5.17 Å². The molecule has 2 atom stereocenters. The van der Waals surface area contributed by atoms with Crippen molar-refractivity contribution in [3.63, 3.8) is 0 Å². The Bertz CT molecular complexity index is 710. The lowest BCUT2D eigenvalue weighted by Crippen LogP contribution is -2.47. The lowest BCUT2D eigenvalue weighted by Gasteiger charge is -2.35. The zero-order chi connectivity index (χ0) is 17.3. The number of benzene rings is 1. The molecule has 0 unspecified atom stereocenters. The monoisotopic (exact) mass is 410 g/mol. The summed E-state index contributed by atoms with van der Waals surface area (Å²) in [5.41, 5.74) is 0.850. The summed E-state index contributed by atoms with van der Waals surface area (Å²) in [5, 5.41) is 0.752. The van der Waals surface area contributed by atoms with Gasteiger partial charge in [-0.1, -0.05) is 15.9 Å². The van der Waals surface area contributed by atoms with Gasteiger partial charge in [0.2, 0.25) is 0 Å². The van der Waals surface area contributed by atoms with Gasteiger partial charge in [0.25, 0.3) is 5.91 Å². The number of carbonyl (C=O) groups excluding carboxylic acids is 1. The summed E-state index contributed by atoms with van der Waals surface area (Å²) < 4.78 is 12.0. The molecule has 2 aliphatic heterocycles. The highest BCUT2D eigenvalue weighted by Gasteiger charge is 2.31. The summed E-state index contributed by atoms with van der Waals surface area (Å²) in [6.07, 6.45) is 2.09. The maximum atomic E-state index is 12.3. The van der Waals surface area contributed by atoms with Gasteiger partial charge in [-0.2, -0.15) is 4.99 Å². The smallest absolute Gasteiger partial charge is 0.286 e. The van der Waals surface area contributed by atoms with Crippen molar-refractivity contribution in [2.45, 2.75) is 26.1 Å². The molecule has 0 N–H and O–H groups in total. The van der Waals surface area contributed by atoms with Gasteiger partial charge >= 0.3 is 0 Å². The van der Waals surface area contributed by atoms with Crippen LogP contribution in [0.1, 0.15) is 19.4 Å². The number of methoxy groups -OCH3 is 1. The highest BCUT2D eigenvalue weighted by Crippen LogP contribution is 2.34. The fourth-order valence-electron chi connectivity index (χ4n) is 2.83. The Morgan fingerprint density at radius 3 is 2.75 bits per heavy atom. The van der Waals surface area contributed by atoms with Crippen LogP contribution in [0.25, 0.3) is 6.08 Å². The molecule has 24 heavy (non-hydrogen) atoms. The fraction of sp³-hybridized carbons (Fsp3) is 0.412. The minimum atomic E-state index is -0.205. The number of rotatable bonds is 2. The molecule has 0 aromatic heterocycles. The Morgan fingerprint density at radius 1 is 1.38 bits per heavy atom. The van der Waals surface area contributed by atoms with Crippen molar-refractivity contribution in [1.29, 1.82) is 0 Å². The molecule has 0 bridgehead atoms. The highest BCUT2D eigenvalue weighted by molar-refractivity contribution is 9.10. The first kappa shape index (κ1) is 17.5. The minimum absolute atomic E-state index is 0.130. The van der Waals surface area contributed by atoms with Crippen LogP contribution in [0.5, 0.6) is 5.75 Å².